The predicted octanol–water partition coefficient (Wildman–Crippen LogP) is 0.402. The largest absolute Gasteiger partial charge is 0.550 e. The molecular weight excluding hydrogens is 310 g/mol. The Morgan fingerprint density at radius 1 is 1.23 bits per heavy atom. The zero-order valence-corrected chi connectivity index (χ0v) is 12.0. The molecule has 1 amide bonds. The van der Waals surface area contributed by atoms with Crippen LogP contribution >= 0.6 is 11.3 Å². The Morgan fingerprint density at radius 2 is 2.05 bits per heavy atom. The van der Waals surface area contributed by atoms with Crippen LogP contribution in [0.4, 0.5) is 5.13 Å². The lowest BCUT2D eigenvalue weighted by Gasteiger charge is -2.01. The number of nitrogens with zero attached hydrogens (tertiary/aromatic N) is 2. The molecule has 1 aliphatic heterocycles. The Morgan fingerprint density at radius 3 is 2.86 bits per heavy atom. The zero-order valence-electron chi connectivity index (χ0n) is 11.2. The van der Waals surface area contributed by atoms with Gasteiger partial charge < -0.3 is 24.7 Å². The number of benzene rings is 1. The summed E-state index contributed by atoms with van der Waals surface area (Å²) in [4.78, 5) is 21.8. The Balaban J connectivity index is 1.68. The average molecular weight is 320 g/mol. The normalized spacial score (nSPS) is 12.2. The number of carboxylic acids is 1. The first-order valence-electron chi connectivity index (χ1n) is 6.35. The number of carbonyl (C=O) groups is 2. The number of rotatable bonds is 5. The maximum Gasteiger partial charge on any atom is 0.231 e. The van der Waals surface area contributed by atoms with Gasteiger partial charge in [0.05, 0.1) is 0 Å². The van der Waals surface area contributed by atoms with Gasteiger partial charge in [0.15, 0.2) is 11.5 Å². The van der Waals surface area contributed by atoms with Crippen molar-refractivity contribution in [3.05, 3.63) is 18.2 Å². The van der Waals surface area contributed by atoms with E-state index in [0.29, 0.717) is 21.6 Å². The van der Waals surface area contributed by atoms with Gasteiger partial charge in [-0.2, -0.15) is 0 Å². The van der Waals surface area contributed by atoms with Crippen LogP contribution in [0, 0.1) is 0 Å². The van der Waals surface area contributed by atoms with Gasteiger partial charge in [0.2, 0.25) is 17.8 Å². The lowest BCUT2D eigenvalue weighted by Crippen LogP contribution is -2.24. The third kappa shape index (κ3) is 3.14. The number of hydrogen-bond donors (Lipinski definition) is 1. The average Bonchev–Trinajstić information content (AvgIpc) is 3.12. The monoisotopic (exact) mass is 320 g/mol. The summed E-state index contributed by atoms with van der Waals surface area (Å²) in [5, 5.41) is 21.5. The van der Waals surface area contributed by atoms with E-state index in [-0.39, 0.29) is 19.6 Å². The van der Waals surface area contributed by atoms with E-state index >= 15 is 0 Å². The predicted molar refractivity (Wildman–Crippen MR) is 74.3 cm³/mol. The quantitative estimate of drug-likeness (QED) is 0.848. The van der Waals surface area contributed by atoms with Crippen molar-refractivity contribution >= 4 is 28.3 Å². The molecule has 114 valence electrons. The minimum Gasteiger partial charge on any atom is -0.550 e. The summed E-state index contributed by atoms with van der Waals surface area (Å²) in [5.41, 5.74) is 0.789. The molecule has 0 bridgehead atoms. The van der Waals surface area contributed by atoms with Gasteiger partial charge in [-0.3, -0.25) is 4.79 Å². The molecule has 3 rings (SSSR count). The summed E-state index contributed by atoms with van der Waals surface area (Å²) < 4.78 is 10.5. The third-order valence-electron chi connectivity index (χ3n) is 2.85. The first-order chi connectivity index (χ1) is 10.6. The molecule has 0 spiro atoms. The van der Waals surface area contributed by atoms with Crippen molar-refractivity contribution in [3.8, 4) is 22.1 Å². The van der Waals surface area contributed by atoms with E-state index in [2.05, 4.69) is 15.5 Å². The molecule has 1 aromatic heterocycles. The van der Waals surface area contributed by atoms with Crippen LogP contribution < -0.4 is 19.9 Å². The molecule has 0 aliphatic carbocycles. The summed E-state index contributed by atoms with van der Waals surface area (Å²) in [5.74, 6) is -0.414. The van der Waals surface area contributed by atoms with Crippen molar-refractivity contribution < 1.29 is 24.2 Å². The number of carboxylic acid groups (broad SMARTS) is 1. The highest BCUT2D eigenvalue weighted by molar-refractivity contribution is 7.18. The first-order valence-corrected chi connectivity index (χ1v) is 7.17. The zero-order chi connectivity index (χ0) is 15.5. The van der Waals surface area contributed by atoms with Crippen molar-refractivity contribution in [3.63, 3.8) is 0 Å². The van der Waals surface area contributed by atoms with Crippen molar-refractivity contribution in [1.29, 1.82) is 0 Å². The standard InChI is InChI=1S/C13H11N3O5S/c17-10(3-4-11(18)19)14-13-16-15-12(22-13)7-1-2-8-9(5-7)21-6-20-8/h1-2,5H,3-4,6H2,(H,18,19)(H,14,16,17)/p-1. The second-order valence-electron chi connectivity index (χ2n) is 4.40. The Kier molecular flexibility index (Phi) is 3.88. The van der Waals surface area contributed by atoms with Crippen LogP contribution in [0.5, 0.6) is 11.5 Å². The molecule has 2 aromatic rings. The van der Waals surface area contributed by atoms with Crippen molar-refractivity contribution in [2.45, 2.75) is 12.8 Å². The SMILES string of the molecule is O=C([O-])CCC(=O)Nc1nnc(-c2ccc3c(c2)OCO3)s1. The van der Waals surface area contributed by atoms with Crippen molar-refractivity contribution in [1.82, 2.24) is 10.2 Å². The molecule has 9 heteroatoms. The fourth-order valence-electron chi connectivity index (χ4n) is 1.82. The summed E-state index contributed by atoms with van der Waals surface area (Å²) in [6, 6.07) is 5.37. The smallest absolute Gasteiger partial charge is 0.231 e. The van der Waals surface area contributed by atoms with Crippen LogP contribution in [0.15, 0.2) is 18.2 Å². The Hall–Kier alpha value is -2.68. The second kappa shape index (κ2) is 5.98. The van der Waals surface area contributed by atoms with Crippen LogP contribution in [0.25, 0.3) is 10.6 Å². The minimum absolute atomic E-state index is 0.165. The second-order valence-corrected chi connectivity index (χ2v) is 5.38. The van der Waals surface area contributed by atoms with Gasteiger partial charge in [-0.05, 0) is 24.6 Å². The van der Waals surface area contributed by atoms with Gasteiger partial charge in [-0.15, -0.1) is 10.2 Å². The molecule has 0 saturated heterocycles. The lowest BCUT2D eigenvalue weighted by atomic mass is 10.2. The van der Waals surface area contributed by atoms with Gasteiger partial charge in [-0.1, -0.05) is 11.3 Å². The number of anilines is 1. The summed E-state index contributed by atoms with van der Waals surface area (Å²) in [6.07, 6.45) is -0.499. The number of carbonyl (C=O) groups excluding carboxylic acids is 2. The van der Waals surface area contributed by atoms with E-state index in [0.717, 1.165) is 5.56 Å². The summed E-state index contributed by atoms with van der Waals surface area (Å²) in [6.45, 7) is 0.189. The highest BCUT2D eigenvalue weighted by Gasteiger charge is 2.16. The molecule has 0 atom stereocenters. The molecule has 0 unspecified atom stereocenters. The number of hydrogen-bond acceptors (Lipinski definition) is 8. The van der Waals surface area contributed by atoms with Gasteiger partial charge in [0.1, 0.15) is 5.01 Å². The van der Waals surface area contributed by atoms with E-state index in [9.17, 15) is 14.7 Å². The Bertz CT molecular complexity index is 730. The number of ether oxygens (including phenoxy) is 2. The molecular formula is C13H10N3O5S-. The van der Waals surface area contributed by atoms with E-state index in [1.54, 1.807) is 12.1 Å². The van der Waals surface area contributed by atoms with Crippen molar-refractivity contribution in [2.24, 2.45) is 0 Å². The number of amides is 1. The van der Waals surface area contributed by atoms with Crippen LogP contribution in [0.3, 0.4) is 0 Å². The van der Waals surface area contributed by atoms with Gasteiger partial charge in [-0.25, -0.2) is 0 Å². The van der Waals surface area contributed by atoms with Crippen LogP contribution in [-0.4, -0.2) is 28.9 Å². The van der Waals surface area contributed by atoms with Crippen LogP contribution in [0.2, 0.25) is 0 Å². The van der Waals surface area contributed by atoms with Gasteiger partial charge in [0, 0.05) is 18.0 Å². The molecule has 0 saturated carbocycles. The number of nitrogens with one attached hydrogen (secondary N) is 1. The molecule has 1 N–H and O–H groups in total. The van der Waals surface area contributed by atoms with Crippen LogP contribution in [0.1, 0.15) is 12.8 Å². The van der Waals surface area contributed by atoms with Crippen molar-refractivity contribution in [2.75, 3.05) is 12.1 Å². The highest BCUT2D eigenvalue weighted by atomic mass is 32.1. The summed E-state index contributed by atoms with van der Waals surface area (Å²) in [7, 11) is 0. The van der Waals surface area contributed by atoms with E-state index in [1.165, 1.54) is 11.3 Å². The fraction of sp³-hybridized carbons (Fsp3) is 0.231. The van der Waals surface area contributed by atoms with E-state index < -0.39 is 11.9 Å². The maximum absolute atomic E-state index is 11.5. The summed E-state index contributed by atoms with van der Waals surface area (Å²) >= 11 is 1.18. The van der Waals surface area contributed by atoms with Crippen LogP contribution in [-0.2, 0) is 9.59 Å². The molecule has 8 nitrogen and oxygen atoms in total. The van der Waals surface area contributed by atoms with E-state index in [1.807, 2.05) is 6.07 Å². The molecule has 22 heavy (non-hydrogen) atoms. The molecule has 0 fully saturated rings. The van der Waals surface area contributed by atoms with Gasteiger partial charge in [0.25, 0.3) is 0 Å². The number of fused-ring (bicyclic) bond motifs is 1. The Labute approximate surface area is 128 Å². The third-order valence-corrected chi connectivity index (χ3v) is 3.73. The van der Waals surface area contributed by atoms with E-state index in [4.69, 9.17) is 9.47 Å². The molecule has 1 aliphatic rings. The number of aliphatic carboxylic acids is 1. The number of aromatic nitrogens is 2. The van der Waals surface area contributed by atoms with Gasteiger partial charge >= 0.3 is 0 Å². The fourth-order valence-corrected chi connectivity index (χ4v) is 2.57. The topological polar surface area (TPSA) is 113 Å². The first kappa shape index (κ1) is 14.3. The minimum atomic E-state index is -1.27. The molecule has 2 heterocycles. The highest BCUT2D eigenvalue weighted by Crippen LogP contribution is 2.37. The molecule has 1 aromatic carbocycles. The maximum atomic E-state index is 11.5. The lowest BCUT2D eigenvalue weighted by molar-refractivity contribution is -0.305. The molecule has 0 radical (unpaired) electrons.